The molecule has 0 saturated carbocycles. The summed E-state index contributed by atoms with van der Waals surface area (Å²) in [5.41, 5.74) is -3.75. The van der Waals surface area contributed by atoms with Crippen molar-refractivity contribution in [3.8, 4) is 0 Å². The second kappa shape index (κ2) is 11.9. The van der Waals surface area contributed by atoms with Crippen LogP contribution in [-0.4, -0.2) is 61.2 Å². The molecular weight excluding hydrogens is 509 g/mol. The first-order chi connectivity index (χ1) is 17.1. The van der Waals surface area contributed by atoms with Crippen LogP contribution in [0, 0.1) is 46.4 Å². The van der Waals surface area contributed by atoms with Gasteiger partial charge in [-0.15, -0.1) is 0 Å². The summed E-state index contributed by atoms with van der Waals surface area (Å²) in [6.45, 7) is 2.97. The van der Waals surface area contributed by atoms with Gasteiger partial charge in [0.15, 0.2) is 0 Å². The van der Waals surface area contributed by atoms with Crippen LogP contribution < -0.4 is 5.73 Å². The lowest BCUT2D eigenvalue weighted by atomic mass is 9.70. The van der Waals surface area contributed by atoms with Crippen LogP contribution in [0.25, 0.3) is 0 Å². The lowest BCUT2D eigenvalue weighted by Gasteiger charge is -2.41. The largest absolute Gasteiger partial charge is 0.507 e. The molecule has 2 atom stereocenters. The highest BCUT2D eigenvalue weighted by Crippen LogP contribution is 2.50. The molecule has 1 aliphatic rings. The van der Waals surface area contributed by atoms with Crippen molar-refractivity contribution in [2.75, 3.05) is 18.8 Å². The Morgan fingerprint density at radius 1 is 0.892 bits per heavy atom. The molecule has 0 bridgehead atoms. The Morgan fingerprint density at radius 2 is 1.32 bits per heavy atom. The lowest BCUT2D eigenvalue weighted by Crippen LogP contribution is -2.78. The van der Waals surface area contributed by atoms with E-state index in [2.05, 4.69) is 0 Å². The van der Waals surface area contributed by atoms with Gasteiger partial charge in [0, 0.05) is 5.69 Å². The van der Waals surface area contributed by atoms with Gasteiger partial charge in [0.1, 0.15) is 25.6 Å². The monoisotopic (exact) mass is 536 g/mol. The third-order valence-electron chi connectivity index (χ3n) is 5.96. The topological polar surface area (TPSA) is 202 Å². The quantitative estimate of drug-likeness (QED) is 0.160. The molecule has 0 saturated heterocycles. The highest BCUT2D eigenvalue weighted by molar-refractivity contribution is 5.35. The number of anilines is 1. The predicted molar refractivity (Wildman–Crippen MR) is 124 cm³/mol. The fraction of sp³-hybridized carbons (Fsp3) is 0.600. The van der Waals surface area contributed by atoms with E-state index >= 15 is 0 Å². The molecule has 206 valence electrons. The Balaban J connectivity index is 0.000000836. The van der Waals surface area contributed by atoms with E-state index in [4.69, 9.17) is 5.73 Å². The van der Waals surface area contributed by atoms with Crippen molar-refractivity contribution < 1.29 is 32.9 Å². The second-order valence-electron chi connectivity index (χ2n) is 8.26. The van der Waals surface area contributed by atoms with E-state index in [1.54, 1.807) is 0 Å². The van der Waals surface area contributed by atoms with Crippen molar-refractivity contribution in [1.29, 1.82) is 0 Å². The smallest absolute Gasteiger partial charge is 0.399 e. The number of nitrogen functional groups attached to an aromatic ring is 1. The van der Waals surface area contributed by atoms with Gasteiger partial charge in [-0.1, -0.05) is 32.0 Å². The Kier molecular flexibility index (Phi) is 10.0. The number of nitro groups is 4. The average Bonchev–Trinajstić information content (AvgIpc) is 2.77. The molecule has 37 heavy (non-hydrogen) atoms. The van der Waals surface area contributed by atoms with Crippen LogP contribution >= 0.6 is 0 Å². The first-order valence-electron chi connectivity index (χ1n) is 11.0. The summed E-state index contributed by atoms with van der Waals surface area (Å²) in [4.78, 5) is 41.6. The van der Waals surface area contributed by atoms with E-state index < -0.39 is 54.7 Å². The molecular formula is C20H27F3N6O8. The molecule has 0 amide bonds. The standard InChI is InChI=1S/C14H20F3N5O8.C6H7N/c1-4-6-18(7-5-2)11-12(19(23)24,20(25)26)8-10(14(15,16)17)9(3)13(11,21(27)28)22(29)30;7-6-4-2-1-3-5-6/h8-9,11H,4-7H2,1-3H3;1-5H,7H2. The number of benzene rings is 1. The van der Waals surface area contributed by atoms with Crippen LogP contribution in [0.5, 0.6) is 0 Å². The van der Waals surface area contributed by atoms with Gasteiger partial charge in [0.05, 0.1) is 11.6 Å². The minimum Gasteiger partial charge on any atom is -0.399 e. The van der Waals surface area contributed by atoms with Gasteiger partial charge < -0.3 is 5.73 Å². The number of nitrogens with zero attached hydrogens (tertiary/aromatic N) is 5. The van der Waals surface area contributed by atoms with Crippen LogP contribution in [-0.2, 0) is 0 Å². The Hall–Kier alpha value is -3.89. The number of para-hydroxylation sites is 1. The molecule has 14 nitrogen and oxygen atoms in total. The SMILES string of the molecule is CCCN(CCC)C1C([N+](=O)[O-])([N+](=O)[O-])C=C(C(F)(F)F)C(C)C1([N+](=O)[O-])[N+](=O)[O-].Nc1ccccc1. The molecule has 1 aliphatic carbocycles. The summed E-state index contributed by atoms with van der Waals surface area (Å²) in [7, 11) is 0. The maximum atomic E-state index is 13.6. The number of alkyl halides is 3. The molecule has 0 fully saturated rings. The first-order valence-corrected chi connectivity index (χ1v) is 11.0. The zero-order valence-electron chi connectivity index (χ0n) is 20.2. The Bertz CT molecular complexity index is 1000. The molecule has 17 heteroatoms. The van der Waals surface area contributed by atoms with Gasteiger partial charge in [-0.25, -0.2) is 0 Å². The maximum Gasteiger partial charge on any atom is 0.507 e. The summed E-state index contributed by atoms with van der Waals surface area (Å²) in [6, 6.07) is 6.77. The molecule has 0 heterocycles. The van der Waals surface area contributed by atoms with Crippen molar-refractivity contribution in [2.45, 2.75) is 57.2 Å². The summed E-state index contributed by atoms with van der Waals surface area (Å²) in [5, 5.41) is 47.6. The lowest BCUT2D eigenvalue weighted by molar-refractivity contribution is -0.856. The average molecular weight is 536 g/mol. The van der Waals surface area contributed by atoms with Crippen molar-refractivity contribution in [1.82, 2.24) is 4.90 Å². The molecule has 0 aliphatic heterocycles. The van der Waals surface area contributed by atoms with Crippen LogP contribution in [0.3, 0.4) is 0 Å². The fourth-order valence-corrected chi connectivity index (χ4v) is 4.43. The van der Waals surface area contributed by atoms with E-state index in [0.717, 1.165) is 10.6 Å². The van der Waals surface area contributed by atoms with Crippen LogP contribution in [0.1, 0.15) is 33.6 Å². The molecule has 0 aromatic heterocycles. The van der Waals surface area contributed by atoms with Gasteiger partial charge in [-0.3, -0.25) is 45.4 Å². The zero-order chi connectivity index (χ0) is 28.8. The summed E-state index contributed by atoms with van der Waals surface area (Å²) >= 11 is 0. The molecule has 1 aromatic carbocycles. The van der Waals surface area contributed by atoms with Gasteiger partial charge in [0.25, 0.3) is 6.04 Å². The minimum absolute atomic E-state index is 0.123. The van der Waals surface area contributed by atoms with E-state index in [1.807, 2.05) is 30.3 Å². The van der Waals surface area contributed by atoms with E-state index in [9.17, 15) is 53.6 Å². The normalized spacial score (nSPS) is 20.2. The molecule has 2 unspecified atom stereocenters. The maximum absolute atomic E-state index is 13.6. The molecule has 0 radical (unpaired) electrons. The van der Waals surface area contributed by atoms with E-state index in [1.165, 1.54) is 13.8 Å². The van der Waals surface area contributed by atoms with Gasteiger partial charge in [0.2, 0.25) is 0 Å². The second-order valence-corrected chi connectivity index (χ2v) is 8.26. The number of rotatable bonds is 9. The van der Waals surface area contributed by atoms with Crippen LogP contribution in [0.15, 0.2) is 42.0 Å². The summed E-state index contributed by atoms with van der Waals surface area (Å²) in [6.07, 6.45) is -5.58. The summed E-state index contributed by atoms with van der Waals surface area (Å²) < 4.78 is 40.8. The van der Waals surface area contributed by atoms with E-state index in [-0.39, 0.29) is 32.0 Å². The van der Waals surface area contributed by atoms with E-state index in [0.29, 0.717) is 6.92 Å². The first kappa shape index (κ1) is 31.1. The van der Waals surface area contributed by atoms with Gasteiger partial charge in [-0.05, 0) is 45.0 Å². The minimum atomic E-state index is -5.51. The highest BCUT2D eigenvalue weighted by Gasteiger charge is 2.87. The third kappa shape index (κ3) is 5.76. The number of halogens is 3. The Morgan fingerprint density at radius 3 is 1.59 bits per heavy atom. The molecule has 0 spiro atoms. The highest BCUT2D eigenvalue weighted by atomic mass is 19.4. The number of hydrogen-bond acceptors (Lipinski definition) is 10. The predicted octanol–water partition coefficient (Wildman–Crippen LogP) is 3.38. The van der Waals surface area contributed by atoms with Crippen LogP contribution in [0.2, 0.25) is 0 Å². The number of hydrogen-bond donors (Lipinski definition) is 1. The van der Waals surface area contributed by atoms with Gasteiger partial charge >= 0.3 is 17.5 Å². The zero-order valence-corrected chi connectivity index (χ0v) is 20.2. The Labute approximate surface area is 208 Å². The number of nitrogens with two attached hydrogens (primary N) is 1. The third-order valence-corrected chi connectivity index (χ3v) is 5.96. The van der Waals surface area contributed by atoms with Crippen molar-refractivity contribution in [3.05, 3.63) is 82.4 Å². The molecule has 2 rings (SSSR count). The molecule has 2 N–H and O–H groups in total. The van der Waals surface area contributed by atoms with Crippen molar-refractivity contribution in [2.24, 2.45) is 5.92 Å². The fourth-order valence-electron chi connectivity index (χ4n) is 4.43. The van der Waals surface area contributed by atoms with Crippen LogP contribution in [0.4, 0.5) is 18.9 Å². The molecule has 1 aromatic rings. The van der Waals surface area contributed by atoms with Crippen molar-refractivity contribution in [3.63, 3.8) is 0 Å². The van der Waals surface area contributed by atoms with Gasteiger partial charge in [-0.2, -0.15) is 13.2 Å². The summed E-state index contributed by atoms with van der Waals surface area (Å²) in [5.74, 6) is -2.54. The van der Waals surface area contributed by atoms with Crippen molar-refractivity contribution >= 4 is 5.69 Å².